The van der Waals surface area contributed by atoms with Crippen LogP contribution in [-0.4, -0.2) is 22.5 Å². The summed E-state index contributed by atoms with van der Waals surface area (Å²) < 4.78 is 0. The second kappa shape index (κ2) is 6.90. The molecule has 166 valence electrons. The largest absolute Gasteiger partial charge is 0.364 e. The summed E-state index contributed by atoms with van der Waals surface area (Å²) >= 11 is 0. The third kappa shape index (κ3) is 3.31. The Hall–Kier alpha value is -1.70. The van der Waals surface area contributed by atoms with Crippen LogP contribution in [0.15, 0.2) is 46.8 Å². The molecule has 3 rings (SSSR count). The second-order valence-electron chi connectivity index (χ2n) is 12.1. The minimum atomic E-state index is 0.0530. The fraction of sp³-hybridized carbons (Fsp3) is 0.643. The molecule has 0 saturated heterocycles. The van der Waals surface area contributed by atoms with Gasteiger partial charge in [0.25, 0.3) is 0 Å². The van der Waals surface area contributed by atoms with E-state index in [1.54, 1.807) is 0 Å². The molecule has 2 aliphatic heterocycles. The Balaban J connectivity index is 1.97. The van der Waals surface area contributed by atoms with Gasteiger partial charge in [0.2, 0.25) is 0 Å². The maximum Gasteiger partial charge on any atom is 0.0442 e. The summed E-state index contributed by atoms with van der Waals surface area (Å²) in [5, 5.41) is 0. The van der Waals surface area contributed by atoms with Crippen molar-refractivity contribution in [2.24, 2.45) is 10.8 Å². The molecule has 2 heterocycles. The van der Waals surface area contributed by atoms with Crippen molar-refractivity contribution in [3.8, 4) is 0 Å². The van der Waals surface area contributed by atoms with Crippen molar-refractivity contribution in [2.75, 3.05) is 11.4 Å². The van der Waals surface area contributed by atoms with Gasteiger partial charge in [0.1, 0.15) is 0 Å². The average molecular weight is 409 g/mol. The van der Waals surface area contributed by atoms with Gasteiger partial charge < -0.3 is 9.80 Å². The number of nitrogens with zero attached hydrogens (tertiary/aromatic N) is 2. The average Bonchev–Trinajstić information content (AvgIpc) is 2.89. The SMILES string of the molecule is CC1=C(C)C(C)(C)CN1c1cccc(CC2(C)C(C)=C(C)N(C(C)(C)C)C2(C)C)c1. The molecule has 0 spiro atoms. The van der Waals surface area contributed by atoms with E-state index in [1.165, 1.54) is 33.8 Å². The number of hydrogen-bond acceptors (Lipinski definition) is 2. The lowest BCUT2D eigenvalue weighted by atomic mass is 9.66. The first-order chi connectivity index (χ1) is 13.5. The van der Waals surface area contributed by atoms with Gasteiger partial charge in [0, 0.05) is 45.5 Å². The molecule has 30 heavy (non-hydrogen) atoms. The zero-order chi connectivity index (χ0) is 22.9. The first kappa shape index (κ1) is 23.0. The molecule has 2 nitrogen and oxygen atoms in total. The van der Waals surface area contributed by atoms with Crippen molar-refractivity contribution in [3.63, 3.8) is 0 Å². The summed E-state index contributed by atoms with van der Waals surface area (Å²) in [5.74, 6) is 0. The topological polar surface area (TPSA) is 6.48 Å². The van der Waals surface area contributed by atoms with E-state index in [1.807, 2.05) is 0 Å². The fourth-order valence-electron chi connectivity index (χ4n) is 6.23. The van der Waals surface area contributed by atoms with Gasteiger partial charge in [-0.3, -0.25) is 0 Å². The highest BCUT2D eigenvalue weighted by Gasteiger charge is 2.54. The molecule has 1 atom stereocenters. The normalized spacial score (nSPS) is 26.3. The predicted octanol–water partition coefficient (Wildman–Crippen LogP) is 7.56. The smallest absolute Gasteiger partial charge is 0.0442 e. The molecule has 2 aliphatic rings. The molecule has 0 aliphatic carbocycles. The van der Waals surface area contributed by atoms with Crippen molar-refractivity contribution in [1.29, 1.82) is 0 Å². The van der Waals surface area contributed by atoms with E-state index in [0.29, 0.717) is 0 Å². The molecule has 0 radical (unpaired) electrons. The Morgan fingerprint density at radius 2 is 1.47 bits per heavy atom. The van der Waals surface area contributed by atoms with E-state index in [0.717, 1.165) is 13.0 Å². The standard InChI is InChI=1S/C28H44N2/c1-19-21(3)29(18-26(19,8)9)24-15-13-14-23(16-24)17-28(12)20(2)22(4)30(25(5,6)7)27(28,10)11/h13-16H,17-18H2,1-12H3. The van der Waals surface area contributed by atoms with E-state index in [4.69, 9.17) is 0 Å². The van der Waals surface area contributed by atoms with E-state index >= 15 is 0 Å². The maximum absolute atomic E-state index is 2.65. The van der Waals surface area contributed by atoms with Crippen LogP contribution in [0.2, 0.25) is 0 Å². The van der Waals surface area contributed by atoms with Crippen molar-refractivity contribution < 1.29 is 0 Å². The maximum atomic E-state index is 2.65. The molecule has 0 aromatic heterocycles. The van der Waals surface area contributed by atoms with Crippen LogP contribution in [0.3, 0.4) is 0 Å². The summed E-state index contributed by atoms with van der Waals surface area (Å²) in [7, 11) is 0. The zero-order valence-electron chi connectivity index (χ0n) is 21.6. The Morgan fingerprint density at radius 3 is 1.93 bits per heavy atom. The monoisotopic (exact) mass is 408 g/mol. The van der Waals surface area contributed by atoms with Gasteiger partial charge in [0.05, 0.1) is 0 Å². The van der Waals surface area contributed by atoms with E-state index in [2.05, 4.69) is 117 Å². The predicted molar refractivity (Wildman–Crippen MR) is 132 cm³/mol. The van der Waals surface area contributed by atoms with E-state index in [-0.39, 0.29) is 21.9 Å². The highest BCUT2D eigenvalue weighted by atomic mass is 15.3. The third-order valence-corrected chi connectivity index (χ3v) is 8.58. The van der Waals surface area contributed by atoms with Gasteiger partial charge >= 0.3 is 0 Å². The van der Waals surface area contributed by atoms with E-state index < -0.39 is 0 Å². The highest BCUT2D eigenvalue weighted by Crippen LogP contribution is 2.55. The van der Waals surface area contributed by atoms with Crippen molar-refractivity contribution in [1.82, 2.24) is 4.90 Å². The van der Waals surface area contributed by atoms with E-state index in [9.17, 15) is 0 Å². The van der Waals surface area contributed by atoms with Crippen LogP contribution in [0.1, 0.15) is 88.6 Å². The van der Waals surface area contributed by atoms with Crippen LogP contribution < -0.4 is 4.90 Å². The summed E-state index contributed by atoms with van der Waals surface area (Å²) in [6, 6.07) is 9.28. The van der Waals surface area contributed by atoms with Gasteiger partial charge in [-0.05, 0) is 97.6 Å². The van der Waals surface area contributed by atoms with Gasteiger partial charge in [0.15, 0.2) is 0 Å². The quantitative estimate of drug-likeness (QED) is 0.509. The van der Waals surface area contributed by atoms with Gasteiger partial charge in [-0.25, -0.2) is 0 Å². The lowest BCUT2D eigenvalue weighted by molar-refractivity contribution is 0.0194. The van der Waals surface area contributed by atoms with Crippen molar-refractivity contribution in [2.45, 2.75) is 101 Å². The Labute approximate surface area is 186 Å². The molecule has 0 N–H and O–H groups in total. The fourth-order valence-corrected chi connectivity index (χ4v) is 6.23. The van der Waals surface area contributed by atoms with Crippen molar-refractivity contribution in [3.05, 3.63) is 52.4 Å². The van der Waals surface area contributed by atoms with Crippen LogP contribution in [-0.2, 0) is 6.42 Å². The molecule has 0 saturated carbocycles. The number of benzene rings is 1. The molecular weight excluding hydrogens is 364 g/mol. The van der Waals surface area contributed by atoms with Gasteiger partial charge in [-0.1, -0.05) is 32.9 Å². The molecule has 1 aromatic rings. The minimum absolute atomic E-state index is 0.0530. The molecule has 1 aromatic carbocycles. The molecular formula is C28H44N2. The lowest BCUT2D eigenvalue weighted by Crippen LogP contribution is -2.56. The van der Waals surface area contributed by atoms with Crippen LogP contribution in [0, 0.1) is 10.8 Å². The van der Waals surface area contributed by atoms with Gasteiger partial charge in [-0.15, -0.1) is 0 Å². The Bertz CT molecular complexity index is 907. The number of anilines is 1. The number of hydrogen-bond donors (Lipinski definition) is 0. The zero-order valence-corrected chi connectivity index (χ0v) is 21.6. The summed E-state index contributed by atoms with van der Waals surface area (Å²) in [5.41, 5.74) is 9.15. The highest BCUT2D eigenvalue weighted by molar-refractivity contribution is 5.58. The van der Waals surface area contributed by atoms with Crippen LogP contribution in [0.5, 0.6) is 0 Å². The van der Waals surface area contributed by atoms with Crippen molar-refractivity contribution >= 4 is 5.69 Å². The summed E-state index contributed by atoms with van der Waals surface area (Å²) in [4.78, 5) is 5.16. The van der Waals surface area contributed by atoms with Crippen LogP contribution >= 0.6 is 0 Å². The number of allylic oxidation sites excluding steroid dienone is 2. The van der Waals surface area contributed by atoms with Gasteiger partial charge in [-0.2, -0.15) is 0 Å². The summed E-state index contributed by atoms with van der Waals surface area (Å²) in [6.07, 6.45) is 1.06. The molecule has 0 fully saturated rings. The molecule has 0 amide bonds. The van der Waals surface area contributed by atoms with Crippen LogP contribution in [0.25, 0.3) is 0 Å². The third-order valence-electron chi connectivity index (χ3n) is 8.58. The Morgan fingerprint density at radius 1 is 0.867 bits per heavy atom. The minimum Gasteiger partial charge on any atom is -0.364 e. The Kier molecular flexibility index (Phi) is 5.29. The summed E-state index contributed by atoms with van der Waals surface area (Å²) in [6.45, 7) is 29.4. The first-order valence-corrected chi connectivity index (χ1v) is 11.6. The number of rotatable bonds is 3. The van der Waals surface area contributed by atoms with Crippen LogP contribution in [0.4, 0.5) is 5.69 Å². The molecule has 2 heteroatoms. The molecule has 1 unspecified atom stereocenters. The first-order valence-electron chi connectivity index (χ1n) is 11.6. The lowest BCUT2D eigenvalue weighted by Gasteiger charge is -2.52. The second-order valence-corrected chi connectivity index (χ2v) is 12.1. The molecule has 0 bridgehead atoms.